The van der Waals surface area contributed by atoms with Crippen LogP contribution in [0.4, 0.5) is 4.39 Å². The van der Waals surface area contributed by atoms with Gasteiger partial charge in [-0.15, -0.1) is 0 Å². The van der Waals surface area contributed by atoms with Crippen LogP contribution in [0.5, 0.6) is 5.75 Å². The normalized spacial score (nSPS) is 11.1. The van der Waals surface area contributed by atoms with Crippen molar-refractivity contribution in [3.63, 3.8) is 0 Å². The van der Waals surface area contributed by atoms with E-state index in [0.717, 1.165) is 12.7 Å². The topological polar surface area (TPSA) is 75.6 Å². The molecule has 31 heavy (non-hydrogen) atoms. The molecule has 3 aromatic rings. The number of carbonyl (C=O) groups is 2. The summed E-state index contributed by atoms with van der Waals surface area (Å²) in [7, 11) is 0. The number of hydrogen-bond donors (Lipinski definition) is 2. The van der Waals surface area contributed by atoms with Gasteiger partial charge in [0.2, 0.25) is 0 Å². The molecule has 0 aromatic heterocycles. The highest BCUT2D eigenvalue weighted by atomic mass is 127. The highest BCUT2D eigenvalue weighted by Gasteiger charge is 2.15. The molecule has 158 valence electrons. The summed E-state index contributed by atoms with van der Waals surface area (Å²) in [4.78, 5) is 24.0. The van der Waals surface area contributed by atoms with Crippen LogP contribution in [-0.2, 0) is 11.4 Å². The van der Waals surface area contributed by atoms with Gasteiger partial charge in [-0.3, -0.25) is 4.79 Å². The second kappa shape index (κ2) is 10.7. The minimum absolute atomic E-state index is 0.236. The molecule has 0 fully saturated rings. The molecule has 0 aliphatic heterocycles. The summed E-state index contributed by atoms with van der Waals surface area (Å²) in [5, 5.41) is 12.0. The molecular formula is C23H16FI2NO4. The lowest BCUT2D eigenvalue weighted by atomic mass is 10.1. The number of rotatable bonds is 7. The first-order chi connectivity index (χ1) is 14.8. The lowest BCUT2D eigenvalue weighted by Crippen LogP contribution is -2.27. The van der Waals surface area contributed by atoms with E-state index in [0.29, 0.717) is 16.9 Å². The average molecular weight is 643 g/mol. The van der Waals surface area contributed by atoms with Crippen LogP contribution in [-0.4, -0.2) is 17.0 Å². The summed E-state index contributed by atoms with van der Waals surface area (Å²) in [6.45, 7) is 0.273. The SMILES string of the molecule is O=C(O)/C(=C\c1cc(I)c(OCc2ccc(F)cc2)c(I)c1)NC(=O)c1ccccc1. The van der Waals surface area contributed by atoms with Gasteiger partial charge in [-0.2, -0.15) is 0 Å². The zero-order valence-corrected chi connectivity index (χ0v) is 20.3. The Morgan fingerprint density at radius 1 is 1.00 bits per heavy atom. The van der Waals surface area contributed by atoms with Crippen molar-refractivity contribution < 1.29 is 23.8 Å². The summed E-state index contributed by atoms with van der Waals surface area (Å²) in [5.41, 5.74) is 1.56. The minimum atomic E-state index is -1.24. The third-order valence-electron chi connectivity index (χ3n) is 4.14. The number of benzene rings is 3. The number of halogens is 3. The van der Waals surface area contributed by atoms with Gasteiger partial charge in [0.05, 0.1) is 7.14 Å². The van der Waals surface area contributed by atoms with Crippen molar-refractivity contribution >= 4 is 63.1 Å². The molecule has 0 radical (unpaired) electrons. The largest absolute Gasteiger partial charge is 0.487 e. The fourth-order valence-corrected chi connectivity index (χ4v) is 4.77. The number of carboxylic acids is 1. The molecular weight excluding hydrogens is 627 g/mol. The molecule has 3 rings (SSSR count). The number of carboxylic acid groups (broad SMARTS) is 1. The van der Waals surface area contributed by atoms with Gasteiger partial charge in [-0.05, 0) is 98.8 Å². The van der Waals surface area contributed by atoms with Crippen molar-refractivity contribution in [3.8, 4) is 5.75 Å². The molecule has 0 bridgehead atoms. The summed E-state index contributed by atoms with van der Waals surface area (Å²) in [5.74, 6) is -1.41. The minimum Gasteiger partial charge on any atom is -0.487 e. The molecule has 2 N–H and O–H groups in total. The van der Waals surface area contributed by atoms with E-state index < -0.39 is 11.9 Å². The van der Waals surface area contributed by atoms with Gasteiger partial charge in [-0.25, -0.2) is 9.18 Å². The third kappa shape index (κ3) is 6.50. The second-order valence-corrected chi connectivity index (χ2v) is 8.74. The van der Waals surface area contributed by atoms with Crippen molar-refractivity contribution in [3.05, 3.63) is 102 Å². The van der Waals surface area contributed by atoms with E-state index in [-0.39, 0.29) is 18.1 Å². The van der Waals surface area contributed by atoms with E-state index in [2.05, 4.69) is 50.5 Å². The molecule has 0 atom stereocenters. The van der Waals surface area contributed by atoms with Gasteiger partial charge in [-0.1, -0.05) is 30.3 Å². The van der Waals surface area contributed by atoms with Gasteiger partial charge in [0.25, 0.3) is 5.91 Å². The molecule has 5 nitrogen and oxygen atoms in total. The fraction of sp³-hybridized carbons (Fsp3) is 0.0435. The maximum atomic E-state index is 13.0. The summed E-state index contributed by atoms with van der Waals surface area (Å²) in [6.07, 6.45) is 1.40. The van der Waals surface area contributed by atoms with Crippen molar-refractivity contribution in [2.45, 2.75) is 6.61 Å². The molecule has 0 aliphatic rings. The predicted octanol–water partition coefficient (Wildman–Crippen LogP) is 5.47. The van der Waals surface area contributed by atoms with Crippen LogP contribution >= 0.6 is 45.2 Å². The summed E-state index contributed by atoms with van der Waals surface area (Å²) in [6, 6.07) is 18.0. The monoisotopic (exact) mass is 643 g/mol. The number of aliphatic carboxylic acids is 1. The zero-order chi connectivity index (χ0) is 22.4. The first-order valence-electron chi connectivity index (χ1n) is 9.01. The lowest BCUT2D eigenvalue weighted by Gasteiger charge is -2.12. The zero-order valence-electron chi connectivity index (χ0n) is 15.9. The Bertz CT molecular complexity index is 1110. The van der Waals surface area contributed by atoms with Gasteiger partial charge < -0.3 is 15.2 Å². The van der Waals surface area contributed by atoms with Crippen molar-refractivity contribution in [1.82, 2.24) is 5.32 Å². The number of hydrogen-bond acceptors (Lipinski definition) is 3. The Morgan fingerprint density at radius 3 is 2.19 bits per heavy atom. The fourth-order valence-electron chi connectivity index (χ4n) is 2.64. The Balaban J connectivity index is 1.79. The van der Waals surface area contributed by atoms with Gasteiger partial charge in [0, 0.05) is 5.56 Å². The van der Waals surface area contributed by atoms with Crippen LogP contribution in [0.15, 0.2) is 72.4 Å². The number of amides is 1. The van der Waals surface area contributed by atoms with Gasteiger partial charge in [0.15, 0.2) is 0 Å². The Morgan fingerprint density at radius 2 is 1.61 bits per heavy atom. The second-order valence-electron chi connectivity index (χ2n) is 6.41. The molecule has 0 heterocycles. The highest BCUT2D eigenvalue weighted by molar-refractivity contribution is 14.1. The van der Waals surface area contributed by atoms with E-state index in [1.165, 1.54) is 18.2 Å². The van der Waals surface area contributed by atoms with Gasteiger partial charge in [0.1, 0.15) is 23.9 Å². The molecule has 8 heteroatoms. The molecule has 0 unspecified atom stereocenters. The summed E-state index contributed by atoms with van der Waals surface area (Å²) >= 11 is 4.21. The van der Waals surface area contributed by atoms with Crippen molar-refractivity contribution in [1.29, 1.82) is 0 Å². The lowest BCUT2D eigenvalue weighted by molar-refractivity contribution is -0.132. The number of ether oxygens (including phenoxy) is 1. The smallest absolute Gasteiger partial charge is 0.352 e. The molecule has 1 amide bonds. The maximum Gasteiger partial charge on any atom is 0.352 e. The van der Waals surface area contributed by atoms with Crippen LogP contribution in [0.2, 0.25) is 0 Å². The molecule has 0 aliphatic carbocycles. The van der Waals surface area contributed by atoms with E-state index in [9.17, 15) is 19.1 Å². The molecule has 3 aromatic carbocycles. The third-order valence-corrected chi connectivity index (χ3v) is 5.75. The van der Waals surface area contributed by atoms with E-state index in [1.807, 2.05) is 0 Å². The van der Waals surface area contributed by atoms with Crippen LogP contribution in [0, 0.1) is 13.0 Å². The van der Waals surface area contributed by atoms with E-state index in [4.69, 9.17) is 4.74 Å². The maximum absolute atomic E-state index is 13.0. The Hall–Kier alpha value is -2.47. The van der Waals surface area contributed by atoms with Crippen LogP contribution in [0.1, 0.15) is 21.5 Å². The average Bonchev–Trinajstić information content (AvgIpc) is 2.74. The van der Waals surface area contributed by atoms with Crippen molar-refractivity contribution in [2.24, 2.45) is 0 Å². The molecule has 0 spiro atoms. The predicted molar refractivity (Wildman–Crippen MR) is 132 cm³/mol. The van der Waals surface area contributed by atoms with Crippen LogP contribution in [0.3, 0.4) is 0 Å². The molecule has 0 saturated carbocycles. The van der Waals surface area contributed by atoms with Crippen LogP contribution in [0.25, 0.3) is 6.08 Å². The number of nitrogens with one attached hydrogen (secondary N) is 1. The highest BCUT2D eigenvalue weighted by Crippen LogP contribution is 2.30. The first-order valence-corrected chi connectivity index (χ1v) is 11.2. The quantitative estimate of drug-likeness (QED) is 0.265. The van der Waals surface area contributed by atoms with E-state index >= 15 is 0 Å². The Kier molecular flexibility index (Phi) is 8.02. The Labute approximate surface area is 205 Å². The summed E-state index contributed by atoms with van der Waals surface area (Å²) < 4.78 is 20.5. The number of carbonyl (C=O) groups excluding carboxylic acids is 1. The van der Waals surface area contributed by atoms with E-state index in [1.54, 1.807) is 54.6 Å². The van der Waals surface area contributed by atoms with Crippen molar-refractivity contribution in [2.75, 3.05) is 0 Å². The molecule has 0 saturated heterocycles. The first kappa shape index (κ1) is 23.2. The standard InChI is InChI=1S/C23H16FI2NO4/c24-17-8-6-14(7-9-17)13-31-21-18(25)10-15(11-19(21)26)12-20(23(29)30)27-22(28)16-4-2-1-3-5-16/h1-12H,13H2,(H,27,28)(H,29,30)/b20-12+. The van der Waals surface area contributed by atoms with Crippen LogP contribution < -0.4 is 10.1 Å². The van der Waals surface area contributed by atoms with Gasteiger partial charge >= 0.3 is 5.97 Å².